The van der Waals surface area contributed by atoms with Crippen molar-refractivity contribution in [2.45, 2.75) is 25.7 Å². The zero-order valence-electron chi connectivity index (χ0n) is 8.25. The summed E-state index contributed by atoms with van der Waals surface area (Å²) in [5.41, 5.74) is 0. The highest BCUT2D eigenvalue weighted by atomic mass is 16.5. The number of carbonyl (C=O) groups is 3. The van der Waals surface area contributed by atoms with Gasteiger partial charge in [-0.15, -0.1) is 0 Å². The van der Waals surface area contributed by atoms with Gasteiger partial charge in [0.2, 0.25) is 5.91 Å². The van der Waals surface area contributed by atoms with Gasteiger partial charge < -0.3 is 14.8 Å². The van der Waals surface area contributed by atoms with E-state index in [-0.39, 0.29) is 18.4 Å². The van der Waals surface area contributed by atoms with Crippen LogP contribution < -0.4 is 5.32 Å². The van der Waals surface area contributed by atoms with Crippen molar-refractivity contribution in [3.8, 4) is 0 Å². The van der Waals surface area contributed by atoms with E-state index in [0.29, 0.717) is 32.0 Å². The largest absolute Gasteiger partial charge is 0.469 e. The maximum atomic E-state index is 10.9. The summed E-state index contributed by atoms with van der Waals surface area (Å²) in [4.78, 5) is 31.5. The molecule has 0 aliphatic heterocycles. The summed E-state index contributed by atoms with van der Waals surface area (Å²) in [7, 11) is 1.33. The number of esters is 1. The quantitative estimate of drug-likeness (QED) is 0.358. The monoisotopic (exact) mass is 201 g/mol. The third-order valence-electron chi connectivity index (χ3n) is 1.64. The lowest BCUT2D eigenvalue weighted by molar-refractivity contribution is -0.140. The number of hydrogen-bond donors (Lipinski definition) is 1. The Morgan fingerprint density at radius 1 is 1.29 bits per heavy atom. The number of amides is 1. The molecule has 0 aliphatic carbocycles. The molecule has 0 saturated heterocycles. The number of hydrogen-bond acceptors (Lipinski definition) is 4. The molecule has 0 aromatic rings. The first-order valence-corrected chi connectivity index (χ1v) is 4.48. The Kier molecular flexibility index (Phi) is 7.40. The van der Waals surface area contributed by atoms with E-state index in [9.17, 15) is 14.4 Å². The minimum Gasteiger partial charge on any atom is -0.469 e. The fourth-order valence-corrected chi connectivity index (χ4v) is 0.901. The molecule has 0 rings (SSSR count). The average Bonchev–Trinajstić information content (AvgIpc) is 2.21. The first-order valence-electron chi connectivity index (χ1n) is 4.48. The van der Waals surface area contributed by atoms with Gasteiger partial charge >= 0.3 is 5.97 Å². The van der Waals surface area contributed by atoms with Crippen LogP contribution >= 0.6 is 0 Å². The highest BCUT2D eigenvalue weighted by molar-refractivity contribution is 5.78. The maximum absolute atomic E-state index is 10.9. The number of aldehydes is 1. The van der Waals surface area contributed by atoms with Crippen LogP contribution in [0, 0.1) is 0 Å². The molecule has 0 spiro atoms. The summed E-state index contributed by atoms with van der Waals surface area (Å²) in [5, 5.41) is 2.41. The van der Waals surface area contributed by atoms with E-state index in [2.05, 4.69) is 10.1 Å². The minimum atomic E-state index is -0.265. The van der Waals surface area contributed by atoms with Crippen molar-refractivity contribution >= 4 is 18.2 Å². The van der Waals surface area contributed by atoms with E-state index in [1.807, 2.05) is 0 Å². The highest BCUT2D eigenvalue weighted by Crippen LogP contribution is 2.00. The van der Waals surface area contributed by atoms with Crippen LogP contribution in [0.5, 0.6) is 0 Å². The second-order valence-electron chi connectivity index (χ2n) is 2.75. The van der Waals surface area contributed by atoms with E-state index in [4.69, 9.17) is 0 Å². The lowest BCUT2D eigenvalue weighted by Gasteiger charge is -2.00. The molecule has 1 N–H and O–H groups in total. The molecular weight excluding hydrogens is 186 g/mol. The first-order chi connectivity index (χ1) is 6.70. The molecule has 0 aromatic carbocycles. The average molecular weight is 201 g/mol. The smallest absolute Gasteiger partial charge is 0.305 e. The van der Waals surface area contributed by atoms with Gasteiger partial charge in [-0.1, -0.05) is 0 Å². The summed E-state index contributed by atoms with van der Waals surface area (Å²) in [6, 6.07) is 0. The Labute approximate surface area is 82.8 Å². The van der Waals surface area contributed by atoms with Gasteiger partial charge in [-0.3, -0.25) is 9.59 Å². The van der Waals surface area contributed by atoms with E-state index in [1.54, 1.807) is 0 Å². The number of methoxy groups -OCH3 is 1. The maximum Gasteiger partial charge on any atom is 0.305 e. The van der Waals surface area contributed by atoms with Crippen LogP contribution in [-0.2, 0) is 19.1 Å². The summed E-state index contributed by atoms with van der Waals surface area (Å²) >= 11 is 0. The predicted molar refractivity (Wildman–Crippen MR) is 49.6 cm³/mol. The molecule has 0 aliphatic rings. The topological polar surface area (TPSA) is 72.5 Å². The van der Waals surface area contributed by atoms with Crippen molar-refractivity contribution in [3.05, 3.63) is 0 Å². The van der Waals surface area contributed by atoms with Crippen LogP contribution in [0.4, 0.5) is 0 Å². The molecule has 80 valence electrons. The third-order valence-corrected chi connectivity index (χ3v) is 1.64. The molecule has 0 fully saturated rings. The molecule has 0 saturated carbocycles. The molecule has 0 bridgehead atoms. The van der Waals surface area contributed by atoms with Gasteiger partial charge in [0.15, 0.2) is 0 Å². The zero-order chi connectivity index (χ0) is 10.8. The van der Waals surface area contributed by atoms with Gasteiger partial charge in [0.25, 0.3) is 0 Å². The predicted octanol–water partition coefficient (Wildman–Crippen LogP) is 0.0349. The van der Waals surface area contributed by atoms with E-state index >= 15 is 0 Å². The zero-order valence-corrected chi connectivity index (χ0v) is 8.25. The van der Waals surface area contributed by atoms with Crippen LogP contribution in [0.15, 0.2) is 0 Å². The van der Waals surface area contributed by atoms with Crippen LogP contribution in [0.3, 0.4) is 0 Å². The van der Waals surface area contributed by atoms with Gasteiger partial charge in [-0.25, -0.2) is 0 Å². The van der Waals surface area contributed by atoms with Gasteiger partial charge in [0.1, 0.15) is 6.29 Å². The lowest BCUT2D eigenvalue weighted by atomic mass is 10.2. The van der Waals surface area contributed by atoms with Gasteiger partial charge in [-0.05, 0) is 12.8 Å². The molecule has 0 heterocycles. The molecule has 0 radical (unpaired) electrons. The molecule has 0 atom stereocenters. The molecule has 0 unspecified atom stereocenters. The van der Waals surface area contributed by atoms with Crippen LogP contribution in [0.2, 0.25) is 0 Å². The van der Waals surface area contributed by atoms with Gasteiger partial charge in [0, 0.05) is 12.8 Å². The van der Waals surface area contributed by atoms with Crippen LogP contribution in [0.25, 0.3) is 0 Å². The Balaban J connectivity index is 3.31. The number of unbranched alkanes of at least 4 members (excludes halogenated alkanes) is 1. The number of rotatable bonds is 7. The minimum absolute atomic E-state index is 0.0514. The van der Waals surface area contributed by atoms with Crippen molar-refractivity contribution in [1.82, 2.24) is 5.32 Å². The number of ether oxygens (including phenoxy) is 1. The van der Waals surface area contributed by atoms with Gasteiger partial charge in [-0.2, -0.15) is 0 Å². The molecule has 14 heavy (non-hydrogen) atoms. The normalized spacial score (nSPS) is 9.21. The standard InChI is InChI=1S/C9H15NO4/c1-14-9(13)5-3-2-4-8(12)10-6-7-11/h7H,2-6H2,1H3,(H,10,12). The highest BCUT2D eigenvalue weighted by Gasteiger charge is 2.02. The molecule has 5 heteroatoms. The summed E-state index contributed by atoms with van der Waals surface area (Å²) in [6.45, 7) is 0.0514. The lowest BCUT2D eigenvalue weighted by Crippen LogP contribution is -2.24. The van der Waals surface area contributed by atoms with Crippen molar-refractivity contribution < 1.29 is 19.1 Å². The number of nitrogens with one attached hydrogen (secondary N) is 1. The Morgan fingerprint density at radius 2 is 1.93 bits per heavy atom. The van der Waals surface area contributed by atoms with E-state index in [1.165, 1.54) is 7.11 Å². The van der Waals surface area contributed by atoms with Gasteiger partial charge in [0.05, 0.1) is 13.7 Å². The Hall–Kier alpha value is -1.39. The number of carbonyl (C=O) groups excluding carboxylic acids is 3. The Morgan fingerprint density at radius 3 is 2.50 bits per heavy atom. The second kappa shape index (κ2) is 8.22. The summed E-state index contributed by atoms with van der Waals surface area (Å²) in [5.74, 6) is -0.430. The van der Waals surface area contributed by atoms with Crippen molar-refractivity contribution in [1.29, 1.82) is 0 Å². The molecule has 1 amide bonds. The van der Waals surface area contributed by atoms with E-state index < -0.39 is 0 Å². The third kappa shape index (κ3) is 7.27. The van der Waals surface area contributed by atoms with Crippen LogP contribution in [-0.4, -0.2) is 31.8 Å². The summed E-state index contributed by atoms with van der Waals surface area (Å²) in [6.07, 6.45) is 2.55. The molecule has 5 nitrogen and oxygen atoms in total. The molecule has 0 aromatic heterocycles. The first kappa shape index (κ1) is 12.6. The summed E-state index contributed by atoms with van der Waals surface area (Å²) < 4.78 is 4.44. The van der Waals surface area contributed by atoms with Crippen molar-refractivity contribution in [3.63, 3.8) is 0 Å². The van der Waals surface area contributed by atoms with E-state index in [0.717, 1.165) is 0 Å². The SMILES string of the molecule is COC(=O)CCCCC(=O)NCC=O. The molecular formula is C9H15NO4. The Bertz CT molecular complexity index is 203. The fraction of sp³-hybridized carbons (Fsp3) is 0.667. The second-order valence-corrected chi connectivity index (χ2v) is 2.75. The van der Waals surface area contributed by atoms with Crippen LogP contribution in [0.1, 0.15) is 25.7 Å². The fourth-order valence-electron chi connectivity index (χ4n) is 0.901. The van der Waals surface area contributed by atoms with Crippen molar-refractivity contribution in [2.75, 3.05) is 13.7 Å². The van der Waals surface area contributed by atoms with Crippen molar-refractivity contribution in [2.24, 2.45) is 0 Å².